The zero-order chi connectivity index (χ0) is 19.6. The first kappa shape index (κ1) is 21.0. The largest absolute Gasteiger partial charge is 0.484 e. The summed E-state index contributed by atoms with van der Waals surface area (Å²) in [6.07, 6.45) is 2.00. The molecule has 0 aliphatic heterocycles. The molecule has 2 amide bonds. The molecule has 0 saturated heterocycles. The molecule has 144 valence electrons. The van der Waals surface area contributed by atoms with Crippen LogP contribution in [0.25, 0.3) is 0 Å². The Morgan fingerprint density at radius 3 is 2.52 bits per heavy atom. The van der Waals surface area contributed by atoms with Crippen molar-refractivity contribution in [2.24, 2.45) is 0 Å². The van der Waals surface area contributed by atoms with E-state index < -0.39 is 0 Å². The first-order valence-corrected chi connectivity index (χ1v) is 8.93. The van der Waals surface area contributed by atoms with Crippen LogP contribution in [0.1, 0.15) is 22.5 Å². The van der Waals surface area contributed by atoms with Crippen molar-refractivity contribution in [3.63, 3.8) is 0 Å². The minimum atomic E-state index is -0.311. The van der Waals surface area contributed by atoms with E-state index in [4.69, 9.17) is 33.0 Å². The zero-order valence-electron chi connectivity index (χ0n) is 14.4. The zero-order valence-corrected chi connectivity index (χ0v) is 15.9. The fourth-order valence-corrected chi connectivity index (χ4v) is 2.32. The van der Waals surface area contributed by atoms with Gasteiger partial charge in [0.05, 0.1) is 16.7 Å². The Balaban J connectivity index is 1.60. The third kappa shape index (κ3) is 7.05. The smallest absolute Gasteiger partial charge is 0.269 e. The fraction of sp³-hybridized carbons (Fsp3) is 0.278. The standard InChI is InChI=1S/C18H19Cl2N3O4/c19-14-4-3-13(8-15(14)20)27-11-17(25)21-6-1-7-22-18(26)16-5-2-12(10-24)9-23-16/h2-5,8-9,24H,1,6-7,10-11H2,(H,21,25)(H,22,26). The summed E-state index contributed by atoms with van der Waals surface area (Å²) in [5.74, 6) is -0.144. The molecule has 9 heteroatoms. The highest BCUT2D eigenvalue weighted by Crippen LogP contribution is 2.26. The molecule has 2 rings (SSSR count). The van der Waals surface area contributed by atoms with Gasteiger partial charge in [0.1, 0.15) is 11.4 Å². The minimum absolute atomic E-state index is 0.122. The molecule has 0 radical (unpaired) electrons. The van der Waals surface area contributed by atoms with E-state index in [0.717, 1.165) is 0 Å². The molecule has 1 aromatic heterocycles. The number of nitrogens with zero attached hydrogens (tertiary/aromatic N) is 1. The average molecular weight is 412 g/mol. The van der Waals surface area contributed by atoms with Crippen LogP contribution < -0.4 is 15.4 Å². The monoisotopic (exact) mass is 411 g/mol. The number of benzene rings is 1. The quantitative estimate of drug-likeness (QED) is 0.549. The molecule has 1 heterocycles. The van der Waals surface area contributed by atoms with Crippen molar-refractivity contribution in [1.29, 1.82) is 0 Å². The Labute approximate surface area is 166 Å². The van der Waals surface area contributed by atoms with Crippen molar-refractivity contribution in [2.75, 3.05) is 19.7 Å². The Morgan fingerprint density at radius 1 is 1.07 bits per heavy atom. The summed E-state index contributed by atoms with van der Waals surface area (Å²) in [7, 11) is 0. The average Bonchev–Trinajstić information content (AvgIpc) is 2.68. The van der Waals surface area contributed by atoms with E-state index in [1.54, 1.807) is 24.3 Å². The summed E-state index contributed by atoms with van der Waals surface area (Å²) in [6.45, 7) is 0.506. The van der Waals surface area contributed by atoms with Gasteiger partial charge in [-0.3, -0.25) is 14.6 Å². The van der Waals surface area contributed by atoms with E-state index >= 15 is 0 Å². The van der Waals surface area contributed by atoms with Crippen molar-refractivity contribution in [1.82, 2.24) is 15.6 Å². The highest BCUT2D eigenvalue weighted by Gasteiger charge is 2.07. The second-order valence-electron chi connectivity index (χ2n) is 5.53. The number of carbonyl (C=O) groups is 2. The molecular formula is C18H19Cl2N3O4. The summed E-state index contributed by atoms with van der Waals surface area (Å²) < 4.78 is 5.32. The van der Waals surface area contributed by atoms with Gasteiger partial charge in [-0.05, 0) is 30.2 Å². The second-order valence-corrected chi connectivity index (χ2v) is 6.35. The molecule has 27 heavy (non-hydrogen) atoms. The predicted molar refractivity (Wildman–Crippen MR) is 102 cm³/mol. The summed E-state index contributed by atoms with van der Waals surface area (Å²) in [6, 6.07) is 7.93. The van der Waals surface area contributed by atoms with Crippen molar-refractivity contribution < 1.29 is 19.4 Å². The number of aliphatic hydroxyl groups excluding tert-OH is 1. The summed E-state index contributed by atoms with van der Waals surface area (Å²) in [5, 5.41) is 15.1. The van der Waals surface area contributed by atoms with Crippen molar-refractivity contribution in [3.05, 3.63) is 57.8 Å². The van der Waals surface area contributed by atoms with Crippen molar-refractivity contribution >= 4 is 35.0 Å². The number of ether oxygens (including phenoxy) is 1. The highest BCUT2D eigenvalue weighted by atomic mass is 35.5. The number of nitrogens with one attached hydrogen (secondary N) is 2. The highest BCUT2D eigenvalue weighted by molar-refractivity contribution is 6.42. The van der Waals surface area contributed by atoms with Crippen molar-refractivity contribution in [3.8, 4) is 5.75 Å². The van der Waals surface area contributed by atoms with E-state index in [1.165, 1.54) is 12.3 Å². The summed E-state index contributed by atoms with van der Waals surface area (Å²) >= 11 is 11.7. The number of rotatable bonds is 9. The van der Waals surface area contributed by atoms with Gasteiger partial charge in [0, 0.05) is 25.4 Å². The molecule has 1 aromatic carbocycles. The number of aliphatic hydroxyl groups is 1. The topological polar surface area (TPSA) is 101 Å². The number of pyridine rings is 1. The van der Waals surface area contributed by atoms with Gasteiger partial charge in [0.2, 0.25) is 0 Å². The Morgan fingerprint density at radius 2 is 1.85 bits per heavy atom. The summed E-state index contributed by atoms with van der Waals surface area (Å²) in [4.78, 5) is 27.6. The fourth-order valence-electron chi connectivity index (χ4n) is 2.03. The van der Waals surface area contributed by atoms with Gasteiger partial charge < -0.3 is 20.5 Å². The van der Waals surface area contributed by atoms with Gasteiger partial charge in [-0.2, -0.15) is 0 Å². The van der Waals surface area contributed by atoms with Crippen LogP contribution in [0, 0.1) is 0 Å². The molecule has 2 aromatic rings. The normalized spacial score (nSPS) is 10.3. The van der Waals surface area contributed by atoms with Gasteiger partial charge in [-0.1, -0.05) is 29.3 Å². The molecule has 0 aliphatic rings. The molecule has 3 N–H and O–H groups in total. The van der Waals surface area contributed by atoms with Crippen LogP contribution in [0.15, 0.2) is 36.5 Å². The van der Waals surface area contributed by atoms with Crippen LogP contribution in [-0.4, -0.2) is 41.6 Å². The second kappa shape index (κ2) is 10.7. The van der Waals surface area contributed by atoms with E-state index in [2.05, 4.69) is 15.6 Å². The number of carbonyl (C=O) groups excluding carboxylic acids is 2. The van der Waals surface area contributed by atoms with Crippen LogP contribution in [0.5, 0.6) is 5.75 Å². The Bertz CT molecular complexity index is 785. The maximum atomic E-state index is 11.9. The maximum Gasteiger partial charge on any atom is 0.269 e. The maximum absolute atomic E-state index is 11.9. The number of hydrogen-bond acceptors (Lipinski definition) is 5. The molecule has 7 nitrogen and oxygen atoms in total. The lowest BCUT2D eigenvalue weighted by Crippen LogP contribution is -2.32. The Hall–Kier alpha value is -2.35. The molecule has 0 aliphatic carbocycles. The lowest BCUT2D eigenvalue weighted by Gasteiger charge is -2.09. The molecule has 0 spiro atoms. The van der Waals surface area contributed by atoms with E-state index in [1.807, 2.05) is 0 Å². The van der Waals surface area contributed by atoms with E-state index in [0.29, 0.717) is 40.9 Å². The van der Waals surface area contributed by atoms with E-state index in [9.17, 15) is 9.59 Å². The van der Waals surface area contributed by atoms with Gasteiger partial charge in [-0.15, -0.1) is 0 Å². The molecule has 0 atom stereocenters. The molecule has 0 bridgehead atoms. The SMILES string of the molecule is O=C(COc1ccc(Cl)c(Cl)c1)NCCCNC(=O)c1ccc(CO)cn1. The van der Waals surface area contributed by atoms with Crippen LogP contribution >= 0.6 is 23.2 Å². The van der Waals surface area contributed by atoms with Crippen LogP contribution in [0.4, 0.5) is 0 Å². The van der Waals surface area contributed by atoms with Gasteiger partial charge in [0.15, 0.2) is 6.61 Å². The predicted octanol–water partition coefficient (Wildman–Crippen LogP) is 2.20. The van der Waals surface area contributed by atoms with Gasteiger partial charge >= 0.3 is 0 Å². The van der Waals surface area contributed by atoms with Crippen LogP contribution in [0.2, 0.25) is 10.0 Å². The van der Waals surface area contributed by atoms with Crippen LogP contribution in [0.3, 0.4) is 0 Å². The Kier molecular flexibility index (Phi) is 8.32. The first-order chi connectivity index (χ1) is 13.0. The van der Waals surface area contributed by atoms with E-state index in [-0.39, 0.29) is 30.7 Å². The van der Waals surface area contributed by atoms with Crippen molar-refractivity contribution in [2.45, 2.75) is 13.0 Å². The third-order valence-corrected chi connectivity index (χ3v) is 4.20. The molecule has 0 saturated carbocycles. The molecular weight excluding hydrogens is 393 g/mol. The molecule has 0 fully saturated rings. The molecule has 0 unspecified atom stereocenters. The number of amides is 2. The number of hydrogen-bond donors (Lipinski definition) is 3. The van der Waals surface area contributed by atoms with Crippen LogP contribution in [-0.2, 0) is 11.4 Å². The number of aromatic nitrogens is 1. The first-order valence-electron chi connectivity index (χ1n) is 8.18. The lowest BCUT2D eigenvalue weighted by atomic mass is 10.2. The third-order valence-electron chi connectivity index (χ3n) is 3.46. The van der Waals surface area contributed by atoms with Gasteiger partial charge in [-0.25, -0.2) is 0 Å². The summed E-state index contributed by atoms with van der Waals surface area (Å²) in [5.41, 5.74) is 0.906. The van der Waals surface area contributed by atoms with Gasteiger partial charge in [0.25, 0.3) is 11.8 Å². The minimum Gasteiger partial charge on any atom is -0.484 e. The lowest BCUT2D eigenvalue weighted by molar-refractivity contribution is -0.123. The number of halogens is 2.